The van der Waals surface area contributed by atoms with Gasteiger partial charge in [0.1, 0.15) is 5.75 Å². The fourth-order valence-electron chi connectivity index (χ4n) is 0.960. The number of benzene rings is 1. The maximum Gasteiger partial charge on any atom is 0.150 e. The van der Waals surface area contributed by atoms with Gasteiger partial charge in [0.15, 0.2) is 5.78 Å². The number of nitrogens with two attached hydrogens (primary N) is 1. The zero-order valence-electron chi connectivity index (χ0n) is 6.96. The largest absolute Gasteiger partial charge is 0.506 e. The zero-order valence-corrected chi connectivity index (χ0v) is 7.71. The molecule has 0 aliphatic carbocycles. The van der Waals surface area contributed by atoms with Gasteiger partial charge >= 0.3 is 0 Å². The van der Waals surface area contributed by atoms with Crippen LogP contribution in [0.15, 0.2) is 18.2 Å². The first-order chi connectivity index (χ1) is 6.13. The van der Waals surface area contributed by atoms with Gasteiger partial charge in [0.2, 0.25) is 0 Å². The molecule has 3 nitrogen and oxygen atoms in total. The van der Waals surface area contributed by atoms with Gasteiger partial charge in [-0.05, 0) is 17.7 Å². The molecule has 0 saturated carbocycles. The van der Waals surface area contributed by atoms with Crippen molar-refractivity contribution in [3.63, 3.8) is 0 Å². The maximum absolute atomic E-state index is 10.9. The molecule has 1 aromatic carbocycles. The molecule has 0 heterocycles. The molecule has 13 heavy (non-hydrogen) atoms. The summed E-state index contributed by atoms with van der Waals surface area (Å²) in [5.74, 6) is -0.0348. The first-order valence-corrected chi connectivity index (χ1v) is 4.20. The molecule has 0 amide bonds. The van der Waals surface area contributed by atoms with Gasteiger partial charge in [-0.25, -0.2) is 0 Å². The van der Waals surface area contributed by atoms with E-state index in [0.717, 1.165) is 5.56 Å². The third kappa shape index (κ3) is 2.72. The molecule has 0 aromatic heterocycles. The van der Waals surface area contributed by atoms with Gasteiger partial charge in [0.25, 0.3) is 0 Å². The van der Waals surface area contributed by atoms with Gasteiger partial charge in [-0.2, -0.15) is 0 Å². The molecule has 0 saturated heterocycles. The lowest BCUT2D eigenvalue weighted by atomic mass is 10.1. The Morgan fingerprint density at radius 2 is 2.23 bits per heavy atom. The summed E-state index contributed by atoms with van der Waals surface area (Å²) in [5.41, 5.74) is 5.92. The minimum Gasteiger partial charge on any atom is -0.506 e. The van der Waals surface area contributed by atoms with E-state index in [9.17, 15) is 4.79 Å². The smallest absolute Gasteiger partial charge is 0.150 e. The third-order valence-electron chi connectivity index (χ3n) is 1.64. The molecular weight excluding hydrogens is 190 g/mol. The van der Waals surface area contributed by atoms with Crippen molar-refractivity contribution in [3.05, 3.63) is 28.8 Å². The van der Waals surface area contributed by atoms with Crippen LogP contribution in [0.5, 0.6) is 5.75 Å². The minimum absolute atomic E-state index is 0.0191. The second kappa shape index (κ2) is 4.25. The Hall–Kier alpha value is -1.06. The van der Waals surface area contributed by atoms with Gasteiger partial charge in [-0.1, -0.05) is 17.7 Å². The molecule has 0 aliphatic heterocycles. The maximum atomic E-state index is 10.9. The van der Waals surface area contributed by atoms with Gasteiger partial charge < -0.3 is 10.8 Å². The highest BCUT2D eigenvalue weighted by Gasteiger charge is 2.03. The van der Waals surface area contributed by atoms with E-state index in [0.29, 0.717) is 0 Å². The molecule has 1 aromatic rings. The number of hydrogen-bond acceptors (Lipinski definition) is 3. The molecule has 0 atom stereocenters. The van der Waals surface area contributed by atoms with E-state index in [1.54, 1.807) is 12.1 Å². The first kappa shape index (κ1) is 10.0. The van der Waals surface area contributed by atoms with Crippen LogP contribution in [-0.2, 0) is 11.2 Å². The Morgan fingerprint density at radius 1 is 1.54 bits per heavy atom. The van der Waals surface area contributed by atoms with E-state index in [4.69, 9.17) is 22.4 Å². The summed E-state index contributed by atoms with van der Waals surface area (Å²) in [6, 6.07) is 4.67. The van der Waals surface area contributed by atoms with E-state index < -0.39 is 0 Å². The topological polar surface area (TPSA) is 63.3 Å². The van der Waals surface area contributed by atoms with Gasteiger partial charge in [0.05, 0.1) is 11.6 Å². The zero-order chi connectivity index (χ0) is 9.84. The third-order valence-corrected chi connectivity index (χ3v) is 1.94. The standard InChI is InChI=1S/C9H10ClNO2/c10-8-4-6(1-2-9(8)13)3-7(12)5-11/h1-2,4,13H,3,5,11H2. The highest BCUT2D eigenvalue weighted by atomic mass is 35.5. The molecule has 0 aliphatic rings. The minimum atomic E-state index is -0.0539. The summed E-state index contributed by atoms with van der Waals surface area (Å²) >= 11 is 5.65. The fraction of sp³-hybridized carbons (Fsp3) is 0.222. The van der Waals surface area contributed by atoms with Crippen molar-refractivity contribution in [2.75, 3.05) is 6.54 Å². The fourth-order valence-corrected chi connectivity index (χ4v) is 1.16. The van der Waals surface area contributed by atoms with Crippen LogP contribution in [0.1, 0.15) is 5.56 Å². The highest BCUT2D eigenvalue weighted by Crippen LogP contribution is 2.23. The molecule has 0 bridgehead atoms. The molecule has 0 spiro atoms. The normalized spacial score (nSPS) is 10.0. The Morgan fingerprint density at radius 3 is 2.77 bits per heavy atom. The molecule has 0 unspecified atom stereocenters. The van der Waals surface area contributed by atoms with Gasteiger partial charge in [-0.15, -0.1) is 0 Å². The summed E-state index contributed by atoms with van der Waals surface area (Å²) in [4.78, 5) is 10.9. The highest BCUT2D eigenvalue weighted by molar-refractivity contribution is 6.32. The monoisotopic (exact) mass is 199 g/mol. The molecular formula is C9H10ClNO2. The van der Waals surface area contributed by atoms with E-state index in [-0.39, 0.29) is 29.5 Å². The SMILES string of the molecule is NCC(=O)Cc1ccc(O)c(Cl)c1. The lowest BCUT2D eigenvalue weighted by molar-refractivity contribution is -0.117. The van der Waals surface area contributed by atoms with Crippen LogP contribution in [0.25, 0.3) is 0 Å². The van der Waals surface area contributed by atoms with E-state index >= 15 is 0 Å². The summed E-state index contributed by atoms with van der Waals surface area (Å²) in [7, 11) is 0. The van der Waals surface area contributed by atoms with Crippen LogP contribution in [-0.4, -0.2) is 17.4 Å². The lowest BCUT2D eigenvalue weighted by Crippen LogP contribution is -2.15. The molecule has 0 fully saturated rings. The summed E-state index contributed by atoms with van der Waals surface area (Å²) in [6.07, 6.45) is 0.260. The predicted octanol–water partition coefficient (Wildman–Crippen LogP) is 1.12. The number of carbonyl (C=O) groups is 1. The van der Waals surface area contributed by atoms with Crippen molar-refractivity contribution in [1.82, 2.24) is 0 Å². The van der Waals surface area contributed by atoms with Crippen molar-refractivity contribution >= 4 is 17.4 Å². The number of halogens is 1. The molecule has 4 heteroatoms. The number of carbonyl (C=O) groups excluding carboxylic acids is 1. The molecule has 1 rings (SSSR count). The van der Waals surface area contributed by atoms with Crippen LogP contribution in [0.3, 0.4) is 0 Å². The average Bonchev–Trinajstić information content (AvgIpc) is 2.11. The summed E-state index contributed by atoms with van der Waals surface area (Å²) in [6.45, 7) is 0.0263. The molecule has 70 valence electrons. The van der Waals surface area contributed by atoms with Crippen LogP contribution in [0.2, 0.25) is 5.02 Å². The first-order valence-electron chi connectivity index (χ1n) is 3.82. The van der Waals surface area contributed by atoms with Crippen molar-refractivity contribution < 1.29 is 9.90 Å². The predicted molar refractivity (Wildman–Crippen MR) is 50.9 cm³/mol. The summed E-state index contributed by atoms with van der Waals surface area (Å²) < 4.78 is 0. The van der Waals surface area contributed by atoms with Crippen LogP contribution >= 0.6 is 11.6 Å². The van der Waals surface area contributed by atoms with Crippen LogP contribution < -0.4 is 5.73 Å². The second-order valence-electron chi connectivity index (χ2n) is 2.71. The van der Waals surface area contributed by atoms with Crippen LogP contribution in [0, 0.1) is 0 Å². The molecule has 0 radical (unpaired) electrons. The van der Waals surface area contributed by atoms with Crippen LogP contribution in [0.4, 0.5) is 0 Å². The number of ketones is 1. The van der Waals surface area contributed by atoms with Crippen molar-refractivity contribution in [1.29, 1.82) is 0 Å². The average molecular weight is 200 g/mol. The van der Waals surface area contributed by atoms with Gasteiger partial charge in [-0.3, -0.25) is 4.79 Å². The Labute approximate surface area is 81.1 Å². The van der Waals surface area contributed by atoms with Gasteiger partial charge in [0, 0.05) is 6.42 Å². The van der Waals surface area contributed by atoms with Crippen molar-refractivity contribution in [2.24, 2.45) is 5.73 Å². The molecule has 3 N–H and O–H groups in total. The Balaban J connectivity index is 2.79. The number of aromatic hydroxyl groups is 1. The van der Waals surface area contributed by atoms with E-state index in [1.165, 1.54) is 6.07 Å². The Bertz CT molecular complexity index is 325. The number of hydrogen-bond donors (Lipinski definition) is 2. The Kier molecular flexibility index (Phi) is 3.28. The van der Waals surface area contributed by atoms with Crippen molar-refractivity contribution in [2.45, 2.75) is 6.42 Å². The number of phenolic OH excluding ortho intramolecular Hbond substituents is 1. The lowest BCUT2D eigenvalue weighted by Gasteiger charge is -2.01. The van der Waals surface area contributed by atoms with E-state index in [1.807, 2.05) is 0 Å². The summed E-state index contributed by atoms with van der Waals surface area (Å²) in [5, 5.41) is 9.35. The van der Waals surface area contributed by atoms with Crippen molar-refractivity contribution in [3.8, 4) is 5.75 Å². The second-order valence-corrected chi connectivity index (χ2v) is 3.11. The number of Topliss-reactive ketones (excluding diaryl/α,β-unsaturated/α-hetero) is 1. The quantitative estimate of drug-likeness (QED) is 0.767. The number of phenols is 1. The van der Waals surface area contributed by atoms with E-state index in [2.05, 4.69) is 0 Å². The number of rotatable bonds is 3.